The van der Waals surface area contributed by atoms with Gasteiger partial charge in [0.1, 0.15) is 30.2 Å². The third kappa shape index (κ3) is 8.10. The molecule has 230 valence electrons. The highest BCUT2D eigenvalue weighted by Crippen LogP contribution is 2.45. The van der Waals surface area contributed by atoms with Crippen LogP contribution in [0.5, 0.6) is 5.75 Å². The number of alkyl halides is 3. The lowest BCUT2D eigenvalue weighted by atomic mass is 10.1. The van der Waals surface area contributed by atoms with Crippen molar-refractivity contribution in [1.82, 2.24) is 5.32 Å². The van der Waals surface area contributed by atoms with Crippen LogP contribution in [0.4, 0.5) is 33.7 Å². The van der Waals surface area contributed by atoms with E-state index in [1.165, 1.54) is 27.9 Å². The normalized spacial score (nSPS) is 14.9. The van der Waals surface area contributed by atoms with Crippen LogP contribution in [-0.4, -0.2) is 74.2 Å². The Morgan fingerprint density at radius 2 is 1.81 bits per heavy atom. The predicted molar refractivity (Wildman–Crippen MR) is 144 cm³/mol. The first kappa shape index (κ1) is 32.6. The second kappa shape index (κ2) is 13.4. The van der Waals surface area contributed by atoms with Gasteiger partial charge in [-0.3, -0.25) is 19.4 Å². The maximum atomic E-state index is 16.3. The van der Waals surface area contributed by atoms with E-state index < -0.39 is 59.6 Å². The van der Waals surface area contributed by atoms with Crippen LogP contribution >= 0.6 is 0 Å². The Balaban J connectivity index is 2.15. The molecule has 0 aliphatic carbocycles. The lowest BCUT2D eigenvalue weighted by Crippen LogP contribution is -2.46. The van der Waals surface area contributed by atoms with Crippen LogP contribution in [0.2, 0.25) is 0 Å². The van der Waals surface area contributed by atoms with Crippen LogP contribution in [0, 0.1) is 5.82 Å². The fourth-order valence-electron chi connectivity index (χ4n) is 4.45. The standard InChI is InChI=1S/C28H33F4N3O7/c1-27(2,3)42-22(36)15-34(25(37)28(30,31)32)24-21(41-16-17-8-6-5-7-9-17)13-20-19(23(24)29)12-18(35(20)26(38)39)14-33-10-11-40-4/h5-9,13,18,33H,10-12,14-16H2,1-4H3,(H,38,39)/t18-/m1/s1. The molecule has 1 aliphatic rings. The van der Waals surface area contributed by atoms with Gasteiger partial charge in [0, 0.05) is 31.8 Å². The molecule has 10 nitrogen and oxygen atoms in total. The average molecular weight is 600 g/mol. The lowest BCUT2D eigenvalue weighted by Gasteiger charge is -2.28. The van der Waals surface area contributed by atoms with Crippen LogP contribution in [0.1, 0.15) is 31.9 Å². The van der Waals surface area contributed by atoms with Gasteiger partial charge in [0.25, 0.3) is 0 Å². The number of amides is 2. The van der Waals surface area contributed by atoms with Crippen molar-refractivity contribution in [3.63, 3.8) is 0 Å². The molecule has 1 aliphatic heterocycles. The zero-order valence-electron chi connectivity index (χ0n) is 23.6. The number of nitrogens with zero attached hydrogens (tertiary/aromatic N) is 2. The SMILES string of the molecule is COCCNC[C@H]1Cc2c(cc(OCc3ccccc3)c(N(CC(=O)OC(C)(C)C)C(=O)C(F)(F)F)c2F)N1C(=O)O. The Bertz CT molecular complexity index is 1280. The lowest BCUT2D eigenvalue weighted by molar-refractivity contribution is -0.171. The second-order valence-electron chi connectivity index (χ2n) is 10.5. The molecule has 0 spiro atoms. The van der Waals surface area contributed by atoms with Crippen LogP contribution in [0.25, 0.3) is 0 Å². The Morgan fingerprint density at radius 3 is 2.38 bits per heavy atom. The molecule has 0 radical (unpaired) electrons. The van der Waals surface area contributed by atoms with Crippen molar-refractivity contribution in [1.29, 1.82) is 0 Å². The van der Waals surface area contributed by atoms with Crippen molar-refractivity contribution in [2.24, 2.45) is 0 Å². The molecule has 0 unspecified atom stereocenters. The number of nitrogens with one attached hydrogen (secondary N) is 1. The van der Waals surface area contributed by atoms with Gasteiger partial charge in [-0.15, -0.1) is 0 Å². The molecule has 2 amide bonds. The van der Waals surface area contributed by atoms with E-state index in [0.717, 1.165) is 11.0 Å². The van der Waals surface area contributed by atoms with Crippen molar-refractivity contribution in [3.05, 3.63) is 53.3 Å². The number of anilines is 2. The molecular formula is C28H33F4N3O7. The number of fused-ring (bicyclic) bond motifs is 1. The van der Waals surface area contributed by atoms with E-state index in [2.05, 4.69) is 5.32 Å². The Hall–Kier alpha value is -3.91. The summed E-state index contributed by atoms with van der Waals surface area (Å²) in [6.07, 6.45) is -7.14. The zero-order chi connectivity index (χ0) is 31.2. The monoisotopic (exact) mass is 599 g/mol. The van der Waals surface area contributed by atoms with Crippen molar-refractivity contribution in [2.75, 3.05) is 43.2 Å². The summed E-state index contributed by atoms with van der Waals surface area (Å²) in [6, 6.07) is 8.61. The molecule has 2 aromatic carbocycles. The van der Waals surface area contributed by atoms with E-state index >= 15 is 4.39 Å². The minimum absolute atomic E-state index is 0.0702. The molecule has 42 heavy (non-hydrogen) atoms. The number of carbonyl (C=O) groups excluding carboxylic acids is 2. The summed E-state index contributed by atoms with van der Waals surface area (Å²) in [5.41, 5.74) is -1.90. The highest BCUT2D eigenvalue weighted by Gasteiger charge is 2.47. The van der Waals surface area contributed by atoms with Gasteiger partial charge in [-0.1, -0.05) is 30.3 Å². The van der Waals surface area contributed by atoms with E-state index in [9.17, 15) is 32.7 Å². The third-order valence-electron chi connectivity index (χ3n) is 6.12. The fourth-order valence-corrected chi connectivity index (χ4v) is 4.45. The van der Waals surface area contributed by atoms with Gasteiger partial charge in [0.15, 0.2) is 5.82 Å². The number of halogens is 4. The molecule has 3 rings (SSSR count). The molecule has 0 fully saturated rings. The minimum Gasteiger partial charge on any atom is -0.487 e. The number of rotatable bonds is 11. The van der Waals surface area contributed by atoms with Gasteiger partial charge in [0.2, 0.25) is 0 Å². The van der Waals surface area contributed by atoms with E-state index in [1.807, 2.05) is 0 Å². The van der Waals surface area contributed by atoms with Gasteiger partial charge in [-0.25, -0.2) is 9.18 Å². The molecule has 2 N–H and O–H groups in total. The van der Waals surface area contributed by atoms with Gasteiger partial charge in [0.05, 0.1) is 18.3 Å². The van der Waals surface area contributed by atoms with Gasteiger partial charge >= 0.3 is 24.1 Å². The summed E-state index contributed by atoms with van der Waals surface area (Å²) in [5, 5.41) is 13.0. The molecule has 0 aromatic heterocycles. The Labute approximate surface area is 240 Å². The smallest absolute Gasteiger partial charge is 0.471 e. The summed E-state index contributed by atoms with van der Waals surface area (Å²) in [6.45, 7) is 3.65. The van der Waals surface area contributed by atoms with Crippen molar-refractivity contribution < 1.29 is 51.3 Å². The molecule has 0 bridgehead atoms. The zero-order valence-corrected chi connectivity index (χ0v) is 23.6. The van der Waals surface area contributed by atoms with E-state index in [0.29, 0.717) is 18.7 Å². The summed E-state index contributed by atoms with van der Waals surface area (Å²) in [7, 11) is 1.48. The summed E-state index contributed by atoms with van der Waals surface area (Å²) in [4.78, 5) is 38.3. The van der Waals surface area contributed by atoms with E-state index in [4.69, 9.17) is 14.2 Å². The number of carboxylic acid groups (broad SMARTS) is 1. The van der Waals surface area contributed by atoms with Crippen LogP contribution in [0.3, 0.4) is 0 Å². The third-order valence-corrected chi connectivity index (χ3v) is 6.12. The predicted octanol–water partition coefficient (Wildman–Crippen LogP) is 4.29. The van der Waals surface area contributed by atoms with Crippen molar-refractivity contribution >= 4 is 29.3 Å². The van der Waals surface area contributed by atoms with E-state index in [1.54, 1.807) is 30.3 Å². The Kier molecular flexibility index (Phi) is 10.4. The van der Waals surface area contributed by atoms with Crippen molar-refractivity contribution in [2.45, 2.75) is 51.6 Å². The largest absolute Gasteiger partial charge is 0.487 e. The first-order valence-electron chi connectivity index (χ1n) is 13.0. The first-order chi connectivity index (χ1) is 19.6. The maximum absolute atomic E-state index is 16.3. The minimum atomic E-state index is -5.49. The molecule has 2 aromatic rings. The van der Waals surface area contributed by atoms with E-state index in [-0.39, 0.29) is 35.7 Å². The quantitative estimate of drug-likeness (QED) is 0.223. The topological polar surface area (TPSA) is 118 Å². The Morgan fingerprint density at radius 1 is 1.14 bits per heavy atom. The summed E-state index contributed by atoms with van der Waals surface area (Å²) in [5.74, 6) is -5.62. The average Bonchev–Trinajstić information content (AvgIpc) is 3.26. The molecule has 0 saturated carbocycles. The highest BCUT2D eigenvalue weighted by molar-refractivity contribution is 6.03. The molecule has 0 saturated heterocycles. The number of methoxy groups -OCH3 is 1. The van der Waals surface area contributed by atoms with Gasteiger partial charge in [-0.2, -0.15) is 13.2 Å². The second-order valence-corrected chi connectivity index (χ2v) is 10.5. The first-order valence-corrected chi connectivity index (χ1v) is 13.0. The summed E-state index contributed by atoms with van der Waals surface area (Å²) < 4.78 is 73.5. The van der Waals surface area contributed by atoms with Crippen molar-refractivity contribution in [3.8, 4) is 5.75 Å². The number of hydrogen-bond donors (Lipinski definition) is 2. The number of carbonyl (C=O) groups is 3. The number of benzene rings is 2. The highest BCUT2D eigenvalue weighted by atomic mass is 19.4. The van der Waals surface area contributed by atoms with Crippen LogP contribution in [-0.2, 0) is 32.1 Å². The number of esters is 1. The number of ether oxygens (including phenoxy) is 3. The maximum Gasteiger partial charge on any atom is 0.471 e. The summed E-state index contributed by atoms with van der Waals surface area (Å²) >= 11 is 0. The van der Waals surface area contributed by atoms with Crippen LogP contribution in [0.15, 0.2) is 36.4 Å². The molecular weight excluding hydrogens is 566 g/mol. The fraction of sp³-hybridized carbons (Fsp3) is 0.464. The van der Waals surface area contributed by atoms with Crippen LogP contribution < -0.4 is 19.9 Å². The molecule has 1 atom stereocenters. The molecule has 1 heterocycles. The number of hydrogen-bond acceptors (Lipinski definition) is 7. The molecule has 14 heteroatoms. The van der Waals surface area contributed by atoms with Gasteiger partial charge < -0.3 is 24.6 Å². The van der Waals surface area contributed by atoms with Gasteiger partial charge in [-0.05, 0) is 32.8 Å².